The summed E-state index contributed by atoms with van der Waals surface area (Å²) < 4.78 is 37.8. The SMILES string of the molecule is C.C.C.C.COc1cc2c(cc1OC)CCN=C2.COc1cc2c(cc1OC)[C@@H](C(C(=O)OC(C)C)C(=O)OC(C)C)N(C(=O)OC(C)(C)C)CC2.C[PH+](C)c1ccc2ccccc2c1-c1c([PH+](C)C)ccc2ccccc12.O.O.[Pd+2]. The van der Waals surface area contributed by atoms with Crippen molar-refractivity contribution < 1.29 is 78.9 Å². The van der Waals surface area contributed by atoms with Gasteiger partial charge in [0.25, 0.3) is 0 Å². The van der Waals surface area contributed by atoms with E-state index in [0.29, 0.717) is 23.5 Å². The fourth-order valence-corrected chi connectivity index (χ4v) is 11.7. The van der Waals surface area contributed by atoms with Crippen LogP contribution in [0.5, 0.6) is 23.0 Å². The van der Waals surface area contributed by atoms with Crippen LogP contribution in [0.25, 0.3) is 32.7 Å². The molecule has 8 rings (SSSR count). The van der Waals surface area contributed by atoms with Gasteiger partial charge in [-0.3, -0.25) is 19.5 Å². The zero-order valence-corrected chi connectivity index (χ0v) is 50.8. The molecule has 2 aliphatic heterocycles. The van der Waals surface area contributed by atoms with E-state index in [1.54, 1.807) is 85.4 Å². The van der Waals surface area contributed by atoms with E-state index in [-0.39, 0.29) is 67.6 Å². The van der Waals surface area contributed by atoms with Crippen LogP contribution >= 0.6 is 15.8 Å². The van der Waals surface area contributed by atoms with E-state index in [1.807, 2.05) is 18.3 Å². The van der Waals surface area contributed by atoms with Crippen LogP contribution in [0, 0.1) is 5.92 Å². The molecule has 2 heterocycles. The number of hydrogen-bond donors (Lipinski definition) is 0. The van der Waals surface area contributed by atoms with E-state index in [9.17, 15) is 14.4 Å². The van der Waals surface area contributed by atoms with Gasteiger partial charge in [0.2, 0.25) is 0 Å². The van der Waals surface area contributed by atoms with Gasteiger partial charge < -0.3 is 44.1 Å². The van der Waals surface area contributed by atoms with E-state index in [4.69, 9.17) is 33.2 Å². The van der Waals surface area contributed by atoms with Gasteiger partial charge in [0, 0.05) is 46.3 Å². The van der Waals surface area contributed by atoms with Crippen molar-refractivity contribution in [1.82, 2.24) is 4.90 Å². The van der Waals surface area contributed by atoms with Crippen LogP contribution in [0.15, 0.2) is 102 Å². The third-order valence-corrected chi connectivity index (χ3v) is 15.6. The molecule has 0 bridgehead atoms. The summed E-state index contributed by atoms with van der Waals surface area (Å²) in [7, 11) is 5.16. The quantitative estimate of drug-likeness (QED) is 0.0374. The number of esters is 2. The van der Waals surface area contributed by atoms with E-state index in [0.717, 1.165) is 35.6 Å². The number of fused-ring (bicyclic) bond motifs is 4. The maximum Gasteiger partial charge on any atom is 2.00 e. The van der Waals surface area contributed by atoms with Crippen molar-refractivity contribution in [3.05, 3.63) is 119 Å². The van der Waals surface area contributed by atoms with Crippen molar-refractivity contribution in [1.29, 1.82) is 0 Å². The monoisotopic (exact) mass is 1250 g/mol. The Morgan fingerprint density at radius 3 is 1.43 bits per heavy atom. The molecule has 1 atom stereocenters. The summed E-state index contributed by atoms with van der Waals surface area (Å²) in [4.78, 5) is 45.4. The van der Waals surface area contributed by atoms with E-state index in [1.165, 1.54) is 57.4 Å². The maximum atomic E-state index is 13.3. The van der Waals surface area contributed by atoms with Gasteiger partial charge in [-0.15, -0.1) is 0 Å². The molecule has 1 amide bonds. The number of carbonyl (C=O) groups excluding carboxylic acids is 3. The van der Waals surface area contributed by atoms with E-state index in [2.05, 4.69) is 104 Å². The van der Waals surface area contributed by atoms with E-state index < -0.39 is 63.6 Å². The zero-order valence-electron chi connectivity index (χ0n) is 47.2. The molecule has 81 heavy (non-hydrogen) atoms. The number of benzene rings is 6. The predicted octanol–water partition coefficient (Wildman–Crippen LogP) is 12.5. The number of amides is 1. The van der Waals surface area contributed by atoms with Crippen LogP contribution in [0.3, 0.4) is 0 Å². The molecule has 0 radical (unpaired) electrons. The Kier molecular flexibility index (Phi) is 33.2. The largest absolute Gasteiger partial charge is 2.00 e. The second-order valence-electron chi connectivity index (χ2n) is 20.3. The summed E-state index contributed by atoms with van der Waals surface area (Å²) in [5.41, 5.74) is 6.00. The Balaban J connectivity index is 0. The molecule has 0 aliphatic carbocycles. The number of rotatable bonds is 12. The number of carbonyl (C=O) groups is 3. The van der Waals surface area contributed by atoms with Crippen LogP contribution < -0.4 is 29.6 Å². The van der Waals surface area contributed by atoms with Gasteiger partial charge in [0.05, 0.1) is 84.0 Å². The molecule has 2 aliphatic rings. The standard InChI is InChI=1S/C25H37NO8.C24H24P2.C11H13NO2.4CH4.2H2O.Pd/c1-14(2)32-22(27)20(23(28)33-15(3)4)21-17-13-19(31-9)18(30-8)12-16(17)10-11-26(21)24(29)34-25(5,6)7;1-25(2)21-15-13-17-9-5-7-11-19(17)23(21)24-20-12-8-6-10-18(20)14-16-22(24)26(3)4;1-13-10-5-8-3-4-12-7-9(8)6-11(10)14-2;;;;;;;/h12-15,20-21H,10-11H2,1-9H3;5-16H,1-4H3;5-7H,3-4H2,1-2H3;4*1H4;2*1H2;/q;;;;;;;;;+2/p+2/t21-;;;;;;;;;/m0........./s1. The molecule has 0 saturated carbocycles. The molecule has 4 N–H and O–H groups in total. The van der Waals surface area contributed by atoms with Crippen molar-refractivity contribution in [3.8, 4) is 34.1 Å². The van der Waals surface area contributed by atoms with Gasteiger partial charge in [-0.1, -0.05) is 90.4 Å². The third-order valence-electron chi connectivity index (χ3n) is 12.6. The Morgan fingerprint density at radius 2 is 1.01 bits per heavy atom. The van der Waals surface area contributed by atoms with Crippen molar-refractivity contribution in [2.24, 2.45) is 10.9 Å². The van der Waals surface area contributed by atoms with Crippen molar-refractivity contribution >= 4 is 72.2 Å². The van der Waals surface area contributed by atoms with Gasteiger partial charge in [-0.25, -0.2) is 4.79 Å². The van der Waals surface area contributed by atoms with Gasteiger partial charge in [0.15, 0.2) is 28.9 Å². The predicted molar refractivity (Wildman–Crippen MR) is 341 cm³/mol. The molecule has 6 aromatic carbocycles. The van der Waals surface area contributed by atoms with Crippen LogP contribution in [0.1, 0.15) is 106 Å². The molecule has 0 aromatic heterocycles. The second kappa shape index (κ2) is 34.7. The number of aliphatic imine (C=N–C) groups is 1. The Bertz CT molecular complexity index is 2880. The molecular formula is C64H96N2O12P2Pd+4. The Hall–Kier alpha value is -5.64. The minimum Gasteiger partial charge on any atom is -0.493 e. The zero-order chi connectivity index (χ0) is 54.0. The van der Waals surface area contributed by atoms with Crippen LogP contribution in [-0.2, 0) is 57.1 Å². The molecule has 14 nitrogen and oxygen atoms in total. The molecule has 0 spiro atoms. The fraction of sp³-hybridized carbons (Fsp3) is 0.438. The van der Waals surface area contributed by atoms with Crippen molar-refractivity contribution in [2.75, 3.05) is 68.2 Å². The molecular weight excluding hydrogens is 1160 g/mol. The maximum absolute atomic E-state index is 13.3. The van der Waals surface area contributed by atoms with Crippen molar-refractivity contribution in [3.63, 3.8) is 0 Å². The summed E-state index contributed by atoms with van der Waals surface area (Å²) in [6, 6.07) is 33.6. The summed E-state index contributed by atoms with van der Waals surface area (Å²) in [5.74, 6) is -0.499. The molecule has 0 saturated heterocycles. The van der Waals surface area contributed by atoms with Crippen LogP contribution in [0.4, 0.5) is 4.79 Å². The first-order valence-electron chi connectivity index (χ1n) is 25.3. The minimum absolute atomic E-state index is 0. The average molecular weight is 1250 g/mol. The number of ether oxygens (including phenoxy) is 7. The number of methoxy groups -OCH3 is 4. The topological polar surface area (TPSA) is 194 Å². The first kappa shape index (κ1) is 77.4. The second-order valence-corrected chi connectivity index (χ2v) is 25.4. The Labute approximate surface area is 500 Å². The van der Waals surface area contributed by atoms with Crippen LogP contribution in [-0.4, -0.2) is 126 Å². The number of hydrogen-bond acceptors (Lipinski definition) is 11. The smallest absolute Gasteiger partial charge is 0.493 e. The van der Waals surface area contributed by atoms with Gasteiger partial charge in [0.1, 0.15) is 5.60 Å². The van der Waals surface area contributed by atoms with Gasteiger partial charge in [-0.05, 0) is 142 Å². The first-order chi connectivity index (χ1) is 35.2. The molecule has 17 heteroatoms. The minimum atomic E-state index is -1.42. The van der Waals surface area contributed by atoms with Gasteiger partial charge >= 0.3 is 38.5 Å². The molecule has 450 valence electrons. The summed E-state index contributed by atoms with van der Waals surface area (Å²) in [5, 5.41) is 8.59. The summed E-state index contributed by atoms with van der Waals surface area (Å²) >= 11 is 0. The molecule has 0 unspecified atom stereocenters. The first-order valence-corrected chi connectivity index (χ1v) is 30.3. The van der Waals surface area contributed by atoms with Crippen molar-refractivity contribution in [2.45, 2.75) is 115 Å². The number of nitrogens with zero attached hydrogens (tertiary/aromatic N) is 2. The average Bonchev–Trinajstić information content (AvgIpc) is 3.36. The van der Waals surface area contributed by atoms with Crippen LogP contribution in [0.2, 0.25) is 0 Å². The Morgan fingerprint density at radius 1 is 0.593 bits per heavy atom. The van der Waals surface area contributed by atoms with E-state index >= 15 is 0 Å². The summed E-state index contributed by atoms with van der Waals surface area (Å²) in [6.45, 7) is 22.8. The third kappa shape index (κ3) is 18.9. The normalized spacial score (nSPS) is 12.7. The van der Waals surface area contributed by atoms with Gasteiger partial charge in [-0.2, -0.15) is 0 Å². The molecule has 6 aromatic rings. The fourth-order valence-electron chi connectivity index (χ4n) is 9.36. The summed E-state index contributed by atoms with van der Waals surface area (Å²) in [6.07, 6.45) is 1.76. The molecule has 0 fully saturated rings.